The molecule has 3 rings (SSSR count). The molecule has 1 aromatic heterocycles. The molecule has 6 heteroatoms. The second-order valence-electron chi connectivity index (χ2n) is 5.50. The van der Waals surface area contributed by atoms with E-state index in [0.717, 1.165) is 11.4 Å². The summed E-state index contributed by atoms with van der Waals surface area (Å²) in [5, 5.41) is 3.14. The summed E-state index contributed by atoms with van der Waals surface area (Å²) < 4.78 is 5.30. The highest BCUT2D eigenvalue weighted by Gasteiger charge is 2.17. The van der Waals surface area contributed by atoms with Gasteiger partial charge in [-0.25, -0.2) is 9.97 Å². The Morgan fingerprint density at radius 1 is 1.04 bits per heavy atom. The molecule has 0 aliphatic carbocycles. The lowest BCUT2D eigenvalue weighted by atomic mass is 10.2. The Labute approximate surface area is 152 Å². The summed E-state index contributed by atoms with van der Waals surface area (Å²) in [5.74, 6) is 1.06. The molecule has 0 aliphatic heterocycles. The number of benzene rings is 2. The van der Waals surface area contributed by atoms with Gasteiger partial charge in [0, 0.05) is 12.2 Å². The predicted molar refractivity (Wildman–Crippen MR) is 102 cm³/mol. The number of rotatable bonds is 6. The van der Waals surface area contributed by atoms with Gasteiger partial charge in [-0.3, -0.25) is 4.79 Å². The van der Waals surface area contributed by atoms with E-state index in [1.165, 1.54) is 6.20 Å². The van der Waals surface area contributed by atoms with Crippen molar-refractivity contribution in [2.45, 2.75) is 6.92 Å². The topological polar surface area (TPSA) is 67.4 Å². The lowest BCUT2D eigenvalue weighted by molar-refractivity contribution is 0.0983. The summed E-state index contributed by atoms with van der Waals surface area (Å²) in [4.78, 5) is 23.0. The van der Waals surface area contributed by atoms with Crippen molar-refractivity contribution in [1.82, 2.24) is 9.97 Å². The van der Waals surface area contributed by atoms with Crippen molar-refractivity contribution in [3.05, 3.63) is 72.7 Å². The van der Waals surface area contributed by atoms with E-state index in [-0.39, 0.29) is 5.91 Å². The molecule has 0 spiro atoms. The van der Waals surface area contributed by atoms with Gasteiger partial charge in [-0.05, 0) is 31.2 Å². The molecule has 1 N–H and O–H groups in total. The molecule has 1 amide bonds. The number of hydrogen-bond acceptors (Lipinski definition) is 5. The molecule has 0 bridgehead atoms. The summed E-state index contributed by atoms with van der Waals surface area (Å²) >= 11 is 0. The van der Waals surface area contributed by atoms with E-state index in [1.54, 1.807) is 18.2 Å². The Morgan fingerprint density at radius 2 is 1.77 bits per heavy atom. The van der Waals surface area contributed by atoms with Crippen molar-refractivity contribution < 1.29 is 9.53 Å². The Kier molecular flexibility index (Phi) is 5.43. The average molecular weight is 348 g/mol. The highest BCUT2D eigenvalue weighted by Crippen LogP contribution is 2.25. The van der Waals surface area contributed by atoms with Gasteiger partial charge in [0.1, 0.15) is 17.3 Å². The highest BCUT2D eigenvalue weighted by molar-refractivity contribution is 6.04. The zero-order chi connectivity index (χ0) is 18.4. The molecule has 6 nitrogen and oxygen atoms in total. The SMILES string of the molecule is CCN(C(=O)c1cnc(Nc2ccccc2OC)cn1)c1ccccc1. The van der Waals surface area contributed by atoms with Crippen LogP contribution < -0.4 is 15.0 Å². The van der Waals surface area contributed by atoms with Gasteiger partial charge in [0.15, 0.2) is 0 Å². The van der Waals surface area contributed by atoms with Gasteiger partial charge in [0.05, 0.1) is 25.2 Å². The molecular formula is C20H20N4O2. The van der Waals surface area contributed by atoms with Crippen LogP contribution in [0.2, 0.25) is 0 Å². The summed E-state index contributed by atoms with van der Waals surface area (Å²) in [5.41, 5.74) is 1.90. The van der Waals surface area contributed by atoms with Crippen LogP contribution in [0.25, 0.3) is 0 Å². The number of nitrogens with one attached hydrogen (secondary N) is 1. The van der Waals surface area contributed by atoms with E-state index in [1.807, 2.05) is 61.5 Å². The number of methoxy groups -OCH3 is 1. The summed E-state index contributed by atoms with van der Waals surface area (Å²) in [6, 6.07) is 17.0. The second kappa shape index (κ2) is 8.11. The van der Waals surface area contributed by atoms with E-state index in [4.69, 9.17) is 4.74 Å². The molecule has 0 atom stereocenters. The summed E-state index contributed by atoms with van der Waals surface area (Å²) in [6.45, 7) is 2.47. The molecule has 3 aromatic rings. The molecule has 0 fully saturated rings. The third kappa shape index (κ3) is 3.80. The number of carbonyl (C=O) groups is 1. The van der Waals surface area contributed by atoms with Crippen molar-refractivity contribution in [2.75, 3.05) is 23.9 Å². The zero-order valence-electron chi connectivity index (χ0n) is 14.7. The fourth-order valence-electron chi connectivity index (χ4n) is 2.58. The van der Waals surface area contributed by atoms with Gasteiger partial charge in [-0.15, -0.1) is 0 Å². The quantitative estimate of drug-likeness (QED) is 0.732. The lowest BCUT2D eigenvalue weighted by Crippen LogP contribution is -2.31. The maximum atomic E-state index is 12.7. The van der Waals surface area contributed by atoms with E-state index in [2.05, 4.69) is 15.3 Å². The van der Waals surface area contributed by atoms with Crippen LogP contribution in [0.1, 0.15) is 17.4 Å². The van der Waals surface area contributed by atoms with Crippen molar-refractivity contribution in [1.29, 1.82) is 0 Å². The third-order valence-corrected chi connectivity index (χ3v) is 3.87. The van der Waals surface area contributed by atoms with Crippen LogP contribution in [-0.2, 0) is 0 Å². The van der Waals surface area contributed by atoms with Crippen LogP contribution in [0.5, 0.6) is 5.75 Å². The minimum Gasteiger partial charge on any atom is -0.495 e. The van der Waals surface area contributed by atoms with Gasteiger partial charge in [-0.2, -0.15) is 0 Å². The molecule has 1 heterocycles. The molecular weight excluding hydrogens is 328 g/mol. The summed E-state index contributed by atoms with van der Waals surface area (Å²) in [6.07, 6.45) is 3.02. The van der Waals surface area contributed by atoms with Crippen molar-refractivity contribution in [2.24, 2.45) is 0 Å². The van der Waals surface area contributed by atoms with Crippen LogP contribution in [0, 0.1) is 0 Å². The van der Waals surface area contributed by atoms with Gasteiger partial charge < -0.3 is 15.0 Å². The summed E-state index contributed by atoms with van der Waals surface area (Å²) in [7, 11) is 1.61. The smallest absolute Gasteiger partial charge is 0.278 e. The number of para-hydroxylation sites is 3. The number of amides is 1. The first-order valence-electron chi connectivity index (χ1n) is 8.32. The van der Waals surface area contributed by atoms with Gasteiger partial charge in [-0.1, -0.05) is 30.3 Å². The first-order valence-corrected chi connectivity index (χ1v) is 8.32. The Morgan fingerprint density at radius 3 is 2.42 bits per heavy atom. The molecule has 26 heavy (non-hydrogen) atoms. The van der Waals surface area contributed by atoms with Crippen LogP contribution >= 0.6 is 0 Å². The molecule has 0 radical (unpaired) electrons. The van der Waals surface area contributed by atoms with Crippen LogP contribution in [0.4, 0.5) is 17.2 Å². The Hall–Kier alpha value is -3.41. The van der Waals surface area contributed by atoms with E-state index in [9.17, 15) is 4.79 Å². The molecule has 0 unspecified atom stereocenters. The van der Waals surface area contributed by atoms with Crippen LogP contribution in [-0.4, -0.2) is 29.5 Å². The number of aromatic nitrogens is 2. The first kappa shape index (κ1) is 17.4. The van der Waals surface area contributed by atoms with Gasteiger partial charge >= 0.3 is 0 Å². The Bertz CT molecular complexity index is 866. The number of ether oxygens (including phenoxy) is 1. The largest absolute Gasteiger partial charge is 0.495 e. The predicted octanol–water partition coefficient (Wildman–Crippen LogP) is 3.90. The monoisotopic (exact) mass is 348 g/mol. The van der Waals surface area contributed by atoms with Crippen molar-refractivity contribution in [3.63, 3.8) is 0 Å². The first-order chi connectivity index (χ1) is 12.7. The number of nitrogens with zero attached hydrogens (tertiary/aromatic N) is 3. The van der Waals surface area contributed by atoms with Crippen LogP contribution in [0.3, 0.4) is 0 Å². The lowest BCUT2D eigenvalue weighted by Gasteiger charge is -2.20. The number of hydrogen-bond donors (Lipinski definition) is 1. The Balaban J connectivity index is 1.77. The maximum absolute atomic E-state index is 12.7. The minimum absolute atomic E-state index is 0.185. The standard InChI is InChI=1S/C20H20N4O2/c1-3-24(15-9-5-4-6-10-15)20(25)17-13-22-19(14-21-17)23-16-11-7-8-12-18(16)26-2/h4-14H,3H2,1-2H3,(H,22,23). The number of carbonyl (C=O) groups excluding carboxylic acids is 1. The molecule has 2 aromatic carbocycles. The third-order valence-electron chi connectivity index (χ3n) is 3.87. The maximum Gasteiger partial charge on any atom is 0.278 e. The van der Waals surface area contributed by atoms with Gasteiger partial charge in [0.2, 0.25) is 0 Å². The van der Waals surface area contributed by atoms with Crippen molar-refractivity contribution in [3.8, 4) is 5.75 Å². The highest BCUT2D eigenvalue weighted by atomic mass is 16.5. The van der Waals surface area contributed by atoms with E-state index in [0.29, 0.717) is 23.8 Å². The molecule has 0 saturated heterocycles. The minimum atomic E-state index is -0.185. The molecule has 0 saturated carbocycles. The van der Waals surface area contributed by atoms with E-state index < -0.39 is 0 Å². The van der Waals surface area contributed by atoms with E-state index >= 15 is 0 Å². The van der Waals surface area contributed by atoms with Crippen LogP contribution in [0.15, 0.2) is 67.0 Å². The van der Waals surface area contributed by atoms with Crippen molar-refractivity contribution >= 4 is 23.1 Å². The second-order valence-corrected chi connectivity index (χ2v) is 5.50. The van der Waals surface area contributed by atoms with Gasteiger partial charge in [0.25, 0.3) is 5.91 Å². The molecule has 132 valence electrons. The number of anilines is 3. The fourth-order valence-corrected chi connectivity index (χ4v) is 2.58. The average Bonchev–Trinajstić information content (AvgIpc) is 2.70. The normalized spacial score (nSPS) is 10.2. The fraction of sp³-hybridized carbons (Fsp3) is 0.150. The zero-order valence-corrected chi connectivity index (χ0v) is 14.7. The molecule has 0 aliphatic rings.